The lowest BCUT2D eigenvalue weighted by atomic mass is 9.55. The second kappa shape index (κ2) is 6.71. The first-order valence-corrected chi connectivity index (χ1v) is 7.73. The number of carbonyl (C=O) groups is 1. The van der Waals surface area contributed by atoms with Crippen LogP contribution in [0.1, 0.15) is 52.4 Å². The Morgan fingerprint density at radius 1 is 1.21 bits per heavy atom. The van der Waals surface area contributed by atoms with Crippen LogP contribution in [-0.4, -0.2) is 37.9 Å². The van der Waals surface area contributed by atoms with Crippen molar-refractivity contribution in [3.05, 3.63) is 0 Å². The monoisotopic (exact) mass is 269 g/mol. The highest BCUT2D eigenvalue weighted by molar-refractivity contribution is 5.71. The average Bonchev–Trinajstić information content (AvgIpc) is 2.43. The van der Waals surface area contributed by atoms with E-state index in [0.717, 1.165) is 13.0 Å². The molecule has 0 bridgehead atoms. The van der Waals surface area contributed by atoms with E-state index in [-0.39, 0.29) is 11.4 Å². The summed E-state index contributed by atoms with van der Waals surface area (Å²) in [5.74, 6) is -0.145. The van der Waals surface area contributed by atoms with E-state index in [1.165, 1.54) is 32.1 Å². The third kappa shape index (κ3) is 3.11. The van der Waals surface area contributed by atoms with Gasteiger partial charge in [-0.1, -0.05) is 19.3 Å². The largest absolute Gasteiger partial charge is 0.465 e. The van der Waals surface area contributed by atoms with Crippen molar-refractivity contribution in [3.8, 4) is 0 Å². The minimum Gasteiger partial charge on any atom is -0.465 e. The molecule has 0 aromatic rings. The second-order valence-electron chi connectivity index (χ2n) is 5.71. The molecule has 0 aromatic heterocycles. The predicted octanol–water partition coefficient (Wildman–Crippen LogP) is 2.27. The first kappa shape index (κ1) is 14.8. The van der Waals surface area contributed by atoms with Crippen LogP contribution < -0.4 is 5.32 Å². The van der Waals surface area contributed by atoms with Crippen molar-refractivity contribution in [3.63, 3.8) is 0 Å². The van der Waals surface area contributed by atoms with Gasteiger partial charge in [0.05, 0.1) is 19.3 Å². The van der Waals surface area contributed by atoms with E-state index in [9.17, 15) is 4.79 Å². The van der Waals surface area contributed by atoms with E-state index in [0.29, 0.717) is 25.3 Å². The summed E-state index contributed by atoms with van der Waals surface area (Å²) in [7, 11) is 0. The van der Waals surface area contributed by atoms with E-state index in [1.807, 2.05) is 6.92 Å². The molecule has 1 N–H and O–H groups in total. The maximum Gasteiger partial charge on any atom is 0.319 e. The quantitative estimate of drug-likeness (QED) is 0.751. The van der Waals surface area contributed by atoms with Crippen LogP contribution in [0.5, 0.6) is 0 Å². The lowest BCUT2D eigenvalue weighted by Crippen LogP contribution is -2.65. The summed E-state index contributed by atoms with van der Waals surface area (Å²) in [4.78, 5) is 11.5. The smallest absolute Gasteiger partial charge is 0.319 e. The molecule has 2 aliphatic rings. The molecule has 2 fully saturated rings. The van der Waals surface area contributed by atoms with Gasteiger partial charge >= 0.3 is 5.97 Å². The summed E-state index contributed by atoms with van der Waals surface area (Å²) < 4.78 is 10.9. The van der Waals surface area contributed by atoms with Crippen LogP contribution in [0.2, 0.25) is 0 Å². The van der Waals surface area contributed by atoms with Gasteiger partial charge in [0.1, 0.15) is 0 Å². The molecule has 1 spiro atoms. The van der Waals surface area contributed by atoms with Gasteiger partial charge in [0.25, 0.3) is 0 Å². The highest BCUT2D eigenvalue weighted by Crippen LogP contribution is 2.53. The van der Waals surface area contributed by atoms with Crippen LogP contribution in [0.15, 0.2) is 0 Å². The van der Waals surface area contributed by atoms with Gasteiger partial charge in [-0.25, -0.2) is 0 Å². The minimum absolute atomic E-state index is 0.145. The highest BCUT2D eigenvalue weighted by Gasteiger charge is 2.55. The Kier molecular flexibility index (Phi) is 5.22. The molecular weight excluding hydrogens is 242 g/mol. The highest BCUT2D eigenvalue weighted by atomic mass is 16.5. The summed E-state index contributed by atoms with van der Waals surface area (Å²) in [5, 5.41) is 3.40. The molecule has 0 heterocycles. The van der Waals surface area contributed by atoms with Crippen LogP contribution in [0.4, 0.5) is 0 Å². The van der Waals surface area contributed by atoms with Gasteiger partial charge in [0, 0.05) is 18.1 Å². The minimum atomic E-state index is -0.145. The van der Waals surface area contributed by atoms with Crippen LogP contribution in [0, 0.1) is 5.41 Å². The first-order valence-electron chi connectivity index (χ1n) is 7.73. The fraction of sp³-hybridized carbons (Fsp3) is 0.933. The first-order chi connectivity index (χ1) is 9.23. The summed E-state index contributed by atoms with van der Waals surface area (Å²) in [6.07, 6.45) is 7.81. The fourth-order valence-electron chi connectivity index (χ4n) is 3.77. The van der Waals surface area contributed by atoms with E-state index in [4.69, 9.17) is 9.47 Å². The van der Waals surface area contributed by atoms with Gasteiger partial charge in [0.2, 0.25) is 0 Å². The second-order valence-corrected chi connectivity index (χ2v) is 5.71. The molecule has 110 valence electrons. The molecule has 2 rings (SSSR count). The van der Waals surface area contributed by atoms with Gasteiger partial charge < -0.3 is 14.8 Å². The Balaban J connectivity index is 1.88. The fourth-order valence-corrected chi connectivity index (χ4v) is 3.77. The average molecular weight is 269 g/mol. The predicted molar refractivity (Wildman–Crippen MR) is 74.0 cm³/mol. The number of esters is 1. The van der Waals surface area contributed by atoms with Crippen molar-refractivity contribution >= 4 is 5.97 Å². The van der Waals surface area contributed by atoms with Crippen LogP contribution in [-0.2, 0) is 14.3 Å². The maximum atomic E-state index is 11.5. The van der Waals surface area contributed by atoms with E-state index in [1.54, 1.807) is 0 Å². The van der Waals surface area contributed by atoms with Crippen LogP contribution in [0.3, 0.4) is 0 Å². The molecule has 0 aromatic carbocycles. The van der Waals surface area contributed by atoms with Gasteiger partial charge in [-0.3, -0.25) is 4.79 Å². The number of rotatable bonds is 6. The zero-order valence-corrected chi connectivity index (χ0v) is 12.2. The Morgan fingerprint density at radius 3 is 2.58 bits per heavy atom. The number of ether oxygens (including phenoxy) is 2. The number of carbonyl (C=O) groups excluding carboxylic acids is 1. The SMILES string of the molecule is CCOC(=O)CNC1CC(OCC)C12CCCCC2. The summed E-state index contributed by atoms with van der Waals surface area (Å²) >= 11 is 0. The van der Waals surface area contributed by atoms with Crippen molar-refractivity contribution in [2.24, 2.45) is 5.41 Å². The lowest BCUT2D eigenvalue weighted by Gasteiger charge is -2.57. The normalized spacial score (nSPS) is 28.9. The molecule has 0 radical (unpaired) electrons. The Labute approximate surface area is 116 Å². The van der Waals surface area contributed by atoms with Gasteiger partial charge in [-0.05, 0) is 33.1 Å². The third-order valence-electron chi connectivity index (χ3n) is 4.74. The maximum absolute atomic E-state index is 11.5. The molecule has 19 heavy (non-hydrogen) atoms. The standard InChI is InChI=1S/C15H27NO3/c1-3-18-13-10-12(16-11-14(17)19-4-2)15(13)8-6-5-7-9-15/h12-13,16H,3-11H2,1-2H3. The number of hydrogen-bond acceptors (Lipinski definition) is 4. The Bertz CT molecular complexity index is 300. The number of nitrogens with one attached hydrogen (secondary N) is 1. The van der Waals surface area contributed by atoms with Crippen LogP contribution >= 0.6 is 0 Å². The zero-order valence-electron chi connectivity index (χ0n) is 12.2. The summed E-state index contributed by atoms with van der Waals surface area (Å²) in [5.41, 5.74) is 0.279. The van der Waals surface area contributed by atoms with E-state index >= 15 is 0 Å². The van der Waals surface area contributed by atoms with Crippen molar-refractivity contribution in [1.82, 2.24) is 5.32 Å². The molecule has 0 saturated heterocycles. The lowest BCUT2D eigenvalue weighted by molar-refractivity contribution is -0.156. The topological polar surface area (TPSA) is 47.6 Å². The molecule has 2 atom stereocenters. The molecule has 2 aliphatic carbocycles. The van der Waals surface area contributed by atoms with E-state index in [2.05, 4.69) is 12.2 Å². The molecule has 0 amide bonds. The van der Waals surface area contributed by atoms with Crippen molar-refractivity contribution in [1.29, 1.82) is 0 Å². The van der Waals surface area contributed by atoms with Crippen LogP contribution in [0.25, 0.3) is 0 Å². The molecule has 4 heteroatoms. The van der Waals surface area contributed by atoms with Crippen molar-refractivity contribution in [2.45, 2.75) is 64.5 Å². The molecule has 0 aliphatic heterocycles. The third-order valence-corrected chi connectivity index (χ3v) is 4.74. The van der Waals surface area contributed by atoms with Crippen molar-refractivity contribution < 1.29 is 14.3 Å². The molecule has 2 unspecified atom stereocenters. The van der Waals surface area contributed by atoms with E-state index < -0.39 is 0 Å². The van der Waals surface area contributed by atoms with Gasteiger partial charge in [0.15, 0.2) is 0 Å². The van der Waals surface area contributed by atoms with Gasteiger partial charge in [-0.2, -0.15) is 0 Å². The number of hydrogen-bond donors (Lipinski definition) is 1. The summed E-state index contributed by atoms with van der Waals surface area (Å²) in [6, 6.07) is 0.425. The van der Waals surface area contributed by atoms with Crippen molar-refractivity contribution in [2.75, 3.05) is 19.8 Å². The molecule has 2 saturated carbocycles. The van der Waals surface area contributed by atoms with Gasteiger partial charge in [-0.15, -0.1) is 0 Å². The Hall–Kier alpha value is -0.610. The Morgan fingerprint density at radius 2 is 1.95 bits per heavy atom. The summed E-state index contributed by atoms with van der Waals surface area (Å²) in [6.45, 7) is 5.49. The molecule has 4 nitrogen and oxygen atoms in total. The molecular formula is C15H27NO3. The zero-order chi connectivity index (χ0) is 13.7.